The Balaban J connectivity index is 1.60. The largest absolute Gasteiger partial charge is 0.494 e. The fourth-order valence-electron chi connectivity index (χ4n) is 3.63. The molecule has 1 heterocycles. The first-order chi connectivity index (χ1) is 17.6. The molecule has 0 aliphatic rings. The number of hydrogen-bond acceptors (Lipinski definition) is 7. The number of methoxy groups -OCH3 is 1. The number of carbonyl (C=O) groups is 1. The van der Waals surface area contributed by atoms with Crippen molar-refractivity contribution in [3.63, 3.8) is 0 Å². The fourth-order valence-corrected chi connectivity index (χ4v) is 5.10. The Morgan fingerprint density at radius 2 is 1.62 bits per heavy atom. The second-order valence-corrected chi connectivity index (χ2v) is 11.3. The van der Waals surface area contributed by atoms with Gasteiger partial charge in [-0.25, -0.2) is 17.9 Å². The number of carbonyl (C=O) groups excluding carboxylic acids is 1. The van der Waals surface area contributed by atoms with E-state index in [-0.39, 0.29) is 22.0 Å². The molecule has 4 rings (SSSR count). The first-order valence-corrected chi connectivity index (χ1v) is 13.1. The molecule has 0 amide bonds. The molecule has 9 nitrogen and oxygen atoms in total. The van der Waals surface area contributed by atoms with Crippen LogP contribution >= 0.6 is 0 Å². The second kappa shape index (κ2) is 10.5. The summed E-state index contributed by atoms with van der Waals surface area (Å²) in [7, 11) is 3.66. The van der Waals surface area contributed by atoms with Crippen molar-refractivity contribution >= 4 is 15.8 Å². The molecule has 0 radical (unpaired) electrons. The summed E-state index contributed by atoms with van der Waals surface area (Å²) in [6, 6.07) is 19.7. The molecule has 0 spiro atoms. The highest BCUT2D eigenvalue weighted by Gasteiger charge is 2.24. The summed E-state index contributed by atoms with van der Waals surface area (Å²) in [4.78, 5) is 12.5. The minimum atomic E-state index is -3.92. The SMILES string of the molecule is COc1ccccc1-n1cc(-c2ccccc2S(=O)(=O)c2ccc(C(=O)OCC[N+](C)(C)C)cc2)nn1. The minimum Gasteiger partial charge on any atom is -0.494 e. The van der Waals surface area contributed by atoms with Crippen LogP contribution in [0.3, 0.4) is 0 Å². The second-order valence-electron chi connectivity index (χ2n) is 9.39. The van der Waals surface area contributed by atoms with Crippen LogP contribution in [0, 0.1) is 0 Å². The zero-order valence-electron chi connectivity index (χ0n) is 21.2. The smallest absolute Gasteiger partial charge is 0.338 e. The number of para-hydroxylation sites is 2. The lowest BCUT2D eigenvalue weighted by Crippen LogP contribution is -2.38. The van der Waals surface area contributed by atoms with E-state index in [9.17, 15) is 13.2 Å². The van der Waals surface area contributed by atoms with E-state index in [0.717, 1.165) is 0 Å². The quantitative estimate of drug-likeness (QED) is 0.245. The van der Waals surface area contributed by atoms with Crippen molar-refractivity contribution in [2.75, 3.05) is 41.4 Å². The van der Waals surface area contributed by atoms with Crippen molar-refractivity contribution in [1.82, 2.24) is 15.0 Å². The van der Waals surface area contributed by atoms with Crippen molar-refractivity contribution in [3.05, 3.63) is 84.6 Å². The van der Waals surface area contributed by atoms with E-state index < -0.39 is 15.8 Å². The Hall–Kier alpha value is -4.02. The molecule has 0 N–H and O–H groups in total. The Kier molecular flexibility index (Phi) is 7.42. The molecule has 3 aromatic carbocycles. The number of benzene rings is 3. The number of nitrogens with zero attached hydrogens (tertiary/aromatic N) is 4. The van der Waals surface area contributed by atoms with Gasteiger partial charge in [-0.1, -0.05) is 35.5 Å². The van der Waals surface area contributed by atoms with Crippen molar-refractivity contribution in [2.24, 2.45) is 0 Å². The molecule has 0 unspecified atom stereocenters. The molecule has 0 aliphatic carbocycles. The van der Waals surface area contributed by atoms with Gasteiger partial charge in [0.1, 0.15) is 30.3 Å². The highest BCUT2D eigenvalue weighted by Crippen LogP contribution is 2.31. The normalized spacial score (nSPS) is 11.8. The molecule has 0 aliphatic heterocycles. The third kappa shape index (κ3) is 5.87. The Morgan fingerprint density at radius 1 is 0.946 bits per heavy atom. The molecule has 0 fully saturated rings. The Morgan fingerprint density at radius 3 is 2.32 bits per heavy atom. The average molecular weight is 522 g/mol. The van der Waals surface area contributed by atoms with Gasteiger partial charge in [0.25, 0.3) is 0 Å². The maximum absolute atomic E-state index is 13.6. The Labute approximate surface area is 216 Å². The van der Waals surface area contributed by atoms with Crippen molar-refractivity contribution in [2.45, 2.75) is 9.79 Å². The van der Waals surface area contributed by atoms with Gasteiger partial charge in [-0.2, -0.15) is 0 Å². The number of quaternary nitrogens is 1. The number of ether oxygens (including phenoxy) is 2. The molecule has 0 atom stereocenters. The van der Waals surface area contributed by atoms with Crippen LogP contribution in [0.15, 0.2) is 88.8 Å². The average Bonchev–Trinajstić information content (AvgIpc) is 3.38. The zero-order valence-corrected chi connectivity index (χ0v) is 22.0. The van der Waals surface area contributed by atoms with E-state index in [2.05, 4.69) is 10.3 Å². The number of esters is 1. The van der Waals surface area contributed by atoms with E-state index in [1.165, 1.54) is 35.0 Å². The van der Waals surface area contributed by atoms with Crippen molar-refractivity contribution < 1.29 is 27.2 Å². The summed E-state index contributed by atoms with van der Waals surface area (Å²) in [5.74, 6) is 0.113. The summed E-state index contributed by atoms with van der Waals surface area (Å²) < 4.78 is 40.1. The molecule has 0 saturated carbocycles. The van der Waals surface area contributed by atoms with Crippen LogP contribution in [0.25, 0.3) is 16.9 Å². The number of aromatic nitrogens is 3. The van der Waals surface area contributed by atoms with Crippen LogP contribution in [-0.2, 0) is 14.6 Å². The lowest BCUT2D eigenvalue weighted by Gasteiger charge is -2.23. The summed E-state index contributed by atoms with van der Waals surface area (Å²) in [5.41, 5.74) is 1.76. The molecule has 37 heavy (non-hydrogen) atoms. The van der Waals surface area contributed by atoms with Crippen LogP contribution in [-0.4, -0.2) is 75.3 Å². The zero-order chi connectivity index (χ0) is 26.6. The minimum absolute atomic E-state index is 0.0555. The van der Waals surface area contributed by atoms with Crippen LogP contribution < -0.4 is 4.74 Å². The molecule has 192 valence electrons. The standard InChI is InChI=1S/C27H29N4O5S/c1-31(2,3)17-18-36-27(32)20-13-15-21(16-14-20)37(33,34)26-12-8-5-9-22(26)23-19-30(29-28-23)24-10-6-7-11-25(24)35-4/h5-16,19H,17-18H2,1-4H3/q+1. The van der Waals surface area contributed by atoms with Gasteiger partial charge in [0.15, 0.2) is 0 Å². The number of hydrogen-bond donors (Lipinski definition) is 0. The molecule has 0 bridgehead atoms. The fraction of sp³-hybridized carbons (Fsp3) is 0.222. The molecule has 10 heteroatoms. The van der Waals surface area contributed by atoms with Gasteiger partial charge in [0.2, 0.25) is 9.84 Å². The molecule has 0 saturated heterocycles. The lowest BCUT2D eigenvalue weighted by molar-refractivity contribution is -0.870. The Bertz CT molecular complexity index is 1510. The van der Waals surface area contributed by atoms with Crippen molar-refractivity contribution in [3.8, 4) is 22.7 Å². The van der Waals surface area contributed by atoms with Gasteiger partial charge in [-0.15, -0.1) is 5.10 Å². The van der Waals surface area contributed by atoms with E-state index in [1.54, 1.807) is 37.6 Å². The van der Waals surface area contributed by atoms with Crippen LogP contribution in [0.1, 0.15) is 10.4 Å². The van der Waals surface area contributed by atoms with Gasteiger partial charge in [-0.05, 0) is 42.5 Å². The number of sulfone groups is 1. The monoisotopic (exact) mass is 521 g/mol. The van der Waals surface area contributed by atoms with Gasteiger partial charge in [0.05, 0.1) is 49.8 Å². The summed E-state index contributed by atoms with van der Waals surface area (Å²) >= 11 is 0. The summed E-state index contributed by atoms with van der Waals surface area (Å²) in [5, 5.41) is 8.40. The topological polar surface area (TPSA) is 100 Å². The maximum atomic E-state index is 13.6. The number of likely N-dealkylation sites (N-methyl/N-ethyl adjacent to an activating group) is 1. The van der Waals surface area contributed by atoms with Gasteiger partial charge in [-0.3, -0.25) is 0 Å². The van der Waals surface area contributed by atoms with Crippen LogP contribution in [0.2, 0.25) is 0 Å². The maximum Gasteiger partial charge on any atom is 0.338 e. The first kappa shape index (κ1) is 26.1. The molecular formula is C27H29N4O5S+. The van der Waals surface area contributed by atoms with Crippen molar-refractivity contribution in [1.29, 1.82) is 0 Å². The molecule has 1 aromatic heterocycles. The lowest BCUT2D eigenvalue weighted by atomic mass is 10.2. The van der Waals surface area contributed by atoms with E-state index in [4.69, 9.17) is 9.47 Å². The van der Waals surface area contributed by atoms with Gasteiger partial charge in [0, 0.05) is 5.56 Å². The van der Waals surface area contributed by atoms with E-state index in [0.29, 0.717) is 33.7 Å². The highest BCUT2D eigenvalue weighted by atomic mass is 32.2. The van der Waals surface area contributed by atoms with Gasteiger partial charge >= 0.3 is 5.97 Å². The third-order valence-electron chi connectivity index (χ3n) is 5.67. The van der Waals surface area contributed by atoms with Gasteiger partial charge < -0.3 is 14.0 Å². The summed E-state index contributed by atoms with van der Waals surface area (Å²) in [6.07, 6.45) is 1.65. The predicted octanol–water partition coefficient (Wildman–Crippen LogP) is 3.64. The highest BCUT2D eigenvalue weighted by molar-refractivity contribution is 7.91. The number of rotatable bonds is 9. The first-order valence-electron chi connectivity index (χ1n) is 11.6. The van der Waals surface area contributed by atoms with E-state index in [1.807, 2.05) is 39.3 Å². The summed E-state index contributed by atoms with van der Waals surface area (Å²) in [6.45, 7) is 0.932. The van der Waals surface area contributed by atoms with Crippen LogP contribution in [0.4, 0.5) is 0 Å². The molecular weight excluding hydrogens is 492 g/mol. The predicted molar refractivity (Wildman–Crippen MR) is 138 cm³/mol. The van der Waals surface area contributed by atoms with E-state index >= 15 is 0 Å². The molecule has 4 aromatic rings. The van der Waals surface area contributed by atoms with Crippen LogP contribution in [0.5, 0.6) is 5.75 Å². The third-order valence-corrected chi connectivity index (χ3v) is 7.50.